The van der Waals surface area contributed by atoms with Gasteiger partial charge in [-0.15, -0.1) is 0 Å². The molecule has 1 amide bonds. The molecule has 2 aromatic carbocycles. The molecule has 1 aliphatic rings. The zero-order valence-corrected chi connectivity index (χ0v) is 14.7. The van der Waals surface area contributed by atoms with Crippen LogP contribution in [-0.2, 0) is 11.3 Å². The van der Waals surface area contributed by atoms with Gasteiger partial charge in [-0.25, -0.2) is 9.18 Å². The summed E-state index contributed by atoms with van der Waals surface area (Å²) >= 11 is 0. The molecular formula is C20H22FNO3. The lowest BCUT2D eigenvalue weighted by Gasteiger charge is -2.16. The van der Waals surface area contributed by atoms with Crippen molar-refractivity contribution in [3.8, 4) is 5.75 Å². The van der Waals surface area contributed by atoms with Gasteiger partial charge in [0.25, 0.3) is 0 Å². The van der Waals surface area contributed by atoms with E-state index < -0.39 is 6.09 Å². The van der Waals surface area contributed by atoms with Gasteiger partial charge in [0.15, 0.2) is 11.6 Å². The number of hydrogen-bond donors (Lipinski definition) is 1. The predicted molar refractivity (Wildman–Crippen MR) is 94.7 cm³/mol. The van der Waals surface area contributed by atoms with Gasteiger partial charge in [0.2, 0.25) is 0 Å². The molecule has 0 aliphatic heterocycles. The van der Waals surface area contributed by atoms with Crippen LogP contribution >= 0.6 is 0 Å². The van der Waals surface area contributed by atoms with Crippen molar-refractivity contribution in [2.24, 2.45) is 0 Å². The third kappa shape index (κ3) is 3.92. The van der Waals surface area contributed by atoms with Crippen molar-refractivity contribution in [3.63, 3.8) is 0 Å². The third-order valence-corrected chi connectivity index (χ3v) is 4.57. The van der Waals surface area contributed by atoms with Crippen molar-refractivity contribution in [3.05, 3.63) is 58.4 Å². The molecule has 0 saturated heterocycles. The molecule has 25 heavy (non-hydrogen) atoms. The standard InChI is InChI=1S/C20H22FNO3/c1-12-9-17(21)19(10-13(12)2)25-11-16-15(14-7-8-14)5-4-6-18(16)22-20(23)24-3/h4-6,9-10,14H,7-8,11H2,1-3H3,(H,22,23). The highest BCUT2D eigenvalue weighted by Crippen LogP contribution is 2.43. The average Bonchev–Trinajstić information content (AvgIpc) is 3.42. The summed E-state index contributed by atoms with van der Waals surface area (Å²) in [5.41, 5.74) is 4.50. The molecule has 3 rings (SSSR count). The number of ether oxygens (including phenoxy) is 2. The van der Waals surface area contributed by atoms with E-state index in [1.165, 1.54) is 13.2 Å². The number of amides is 1. The summed E-state index contributed by atoms with van der Waals surface area (Å²) < 4.78 is 24.6. The minimum Gasteiger partial charge on any atom is -0.486 e. The number of methoxy groups -OCH3 is 1. The number of hydrogen-bond acceptors (Lipinski definition) is 3. The number of halogens is 1. The Balaban J connectivity index is 1.88. The van der Waals surface area contributed by atoms with Gasteiger partial charge in [0, 0.05) is 5.56 Å². The van der Waals surface area contributed by atoms with Crippen molar-refractivity contribution in [2.45, 2.75) is 39.2 Å². The highest BCUT2D eigenvalue weighted by Gasteiger charge is 2.27. The lowest BCUT2D eigenvalue weighted by molar-refractivity contribution is 0.187. The van der Waals surface area contributed by atoms with E-state index in [9.17, 15) is 9.18 Å². The predicted octanol–water partition coefficient (Wildman–Crippen LogP) is 5.08. The van der Waals surface area contributed by atoms with Crippen LogP contribution in [0, 0.1) is 19.7 Å². The summed E-state index contributed by atoms with van der Waals surface area (Å²) in [4.78, 5) is 11.6. The molecule has 0 radical (unpaired) electrons. The van der Waals surface area contributed by atoms with Crippen LogP contribution in [0.25, 0.3) is 0 Å². The molecule has 0 spiro atoms. The van der Waals surface area contributed by atoms with Gasteiger partial charge < -0.3 is 9.47 Å². The van der Waals surface area contributed by atoms with Crippen molar-refractivity contribution in [1.82, 2.24) is 0 Å². The first-order chi connectivity index (χ1) is 12.0. The highest BCUT2D eigenvalue weighted by atomic mass is 19.1. The summed E-state index contributed by atoms with van der Waals surface area (Å²) in [6.45, 7) is 3.97. The van der Waals surface area contributed by atoms with E-state index in [0.29, 0.717) is 11.6 Å². The van der Waals surface area contributed by atoms with Crippen LogP contribution in [0.2, 0.25) is 0 Å². The molecule has 132 valence electrons. The third-order valence-electron chi connectivity index (χ3n) is 4.57. The Bertz CT molecular complexity index is 800. The summed E-state index contributed by atoms with van der Waals surface area (Å²) in [5, 5.41) is 2.72. The lowest BCUT2D eigenvalue weighted by Crippen LogP contribution is -2.14. The van der Waals surface area contributed by atoms with Crippen molar-refractivity contribution in [2.75, 3.05) is 12.4 Å². The molecule has 0 bridgehead atoms. The molecule has 0 aromatic heterocycles. The van der Waals surface area contributed by atoms with Crippen LogP contribution in [0.1, 0.15) is 41.0 Å². The number of carbonyl (C=O) groups is 1. The number of rotatable bonds is 5. The van der Waals surface area contributed by atoms with E-state index in [1.807, 2.05) is 26.0 Å². The highest BCUT2D eigenvalue weighted by molar-refractivity contribution is 5.86. The zero-order chi connectivity index (χ0) is 18.0. The Kier molecular flexibility index (Phi) is 4.93. The number of carbonyl (C=O) groups excluding carboxylic acids is 1. The Morgan fingerprint density at radius 1 is 1.24 bits per heavy atom. The monoisotopic (exact) mass is 343 g/mol. The molecule has 1 N–H and O–H groups in total. The molecule has 0 unspecified atom stereocenters. The van der Waals surface area contributed by atoms with Crippen molar-refractivity contribution in [1.29, 1.82) is 0 Å². The van der Waals surface area contributed by atoms with E-state index in [2.05, 4.69) is 10.1 Å². The average molecular weight is 343 g/mol. The van der Waals surface area contributed by atoms with Crippen LogP contribution < -0.4 is 10.1 Å². The Morgan fingerprint density at radius 3 is 2.64 bits per heavy atom. The number of anilines is 1. The van der Waals surface area contributed by atoms with Gasteiger partial charge in [-0.3, -0.25) is 5.32 Å². The summed E-state index contributed by atoms with van der Waals surface area (Å²) in [6.07, 6.45) is 1.70. The number of aryl methyl sites for hydroxylation is 2. The second-order valence-corrected chi connectivity index (χ2v) is 6.42. The summed E-state index contributed by atoms with van der Waals surface area (Å²) in [5.74, 6) is 0.315. The molecule has 2 aromatic rings. The minimum atomic E-state index is -0.536. The van der Waals surface area contributed by atoms with Crippen LogP contribution in [0.5, 0.6) is 5.75 Å². The molecule has 4 nitrogen and oxygen atoms in total. The van der Waals surface area contributed by atoms with Crippen molar-refractivity contribution < 1.29 is 18.7 Å². The smallest absolute Gasteiger partial charge is 0.411 e. The zero-order valence-electron chi connectivity index (χ0n) is 14.7. The quantitative estimate of drug-likeness (QED) is 0.824. The second-order valence-electron chi connectivity index (χ2n) is 6.42. The summed E-state index contributed by atoms with van der Waals surface area (Å²) in [6, 6.07) is 8.93. The van der Waals surface area contributed by atoms with E-state index in [4.69, 9.17) is 4.74 Å². The first-order valence-electron chi connectivity index (χ1n) is 8.36. The first kappa shape index (κ1) is 17.3. The van der Waals surface area contributed by atoms with Gasteiger partial charge >= 0.3 is 6.09 Å². The SMILES string of the molecule is COC(=O)Nc1cccc(C2CC2)c1COc1cc(C)c(C)cc1F. The molecular weight excluding hydrogens is 321 g/mol. The fourth-order valence-corrected chi connectivity index (χ4v) is 2.84. The van der Waals surface area contributed by atoms with E-state index in [0.717, 1.165) is 35.1 Å². The lowest BCUT2D eigenvalue weighted by atomic mass is 10.0. The van der Waals surface area contributed by atoms with Gasteiger partial charge in [-0.05, 0) is 67.5 Å². The maximum Gasteiger partial charge on any atom is 0.411 e. The van der Waals surface area contributed by atoms with Crippen molar-refractivity contribution >= 4 is 11.8 Å². The van der Waals surface area contributed by atoms with Crippen LogP contribution in [-0.4, -0.2) is 13.2 Å². The van der Waals surface area contributed by atoms with E-state index in [-0.39, 0.29) is 18.2 Å². The molecule has 0 atom stereocenters. The van der Waals surface area contributed by atoms with Gasteiger partial charge in [-0.2, -0.15) is 0 Å². The molecule has 1 fully saturated rings. The maximum atomic E-state index is 14.2. The van der Waals surface area contributed by atoms with Crippen LogP contribution in [0.3, 0.4) is 0 Å². The van der Waals surface area contributed by atoms with Crippen LogP contribution in [0.4, 0.5) is 14.9 Å². The summed E-state index contributed by atoms with van der Waals surface area (Å²) in [7, 11) is 1.32. The fourth-order valence-electron chi connectivity index (χ4n) is 2.84. The Hall–Kier alpha value is -2.56. The number of nitrogens with one attached hydrogen (secondary N) is 1. The molecule has 1 saturated carbocycles. The Labute approximate surface area is 147 Å². The minimum absolute atomic E-state index is 0.186. The van der Waals surface area contributed by atoms with E-state index >= 15 is 0 Å². The maximum absolute atomic E-state index is 14.2. The van der Waals surface area contributed by atoms with Gasteiger partial charge in [-0.1, -0.05) is 12.1 Å². The normalized spacial score (nSPS) is 13.4. The Morgan fingerprint density at radius 2 is 1.96 bits per heavy atom. The molecule has 1 aliphatic carbocycles. The largest absolute Gasteiger partial charge is 0.486 e. The first-order valence-corrected chi connectivity index (χ1v) is 8.36. The fraction of sp³-hybridized carbons (Fsp3) is 0.350. The van der Waals surface area contributed by atoms with Gasteiger partial charge in [0.05, 0.1) is 12.8 Å². The number of benzene rings is 2. The van der Waals surface area contributed by atoms with Crippen LogP contribution in [0.15, 0.2) is 30.3 Å². The van der Waals surface area contributed by atoms with E-state index in [1.54, 1.807) is 12.1 Å². The topological polar surface area (TPSA) is 47.6 Å². The van der Waals surface area contributed by atoms with Gasteiger partial charge in [0.1, 0.15) is 6.61 Å². The molecule has 5 heteroatoms. The second kappa shape index (κ2) is 7.13. The molecule has 0 heterocycles.